The molecule has 2 aliphatic rings. The maximum absolute atomic E-state index is 12.6. The van der Waals surface area contributed by atoms with Gasteiger partial charge in [-0.1, -0.05) is 30.3 Å². The van der Waals surface area contributed by atoms with Crippen LogP contribution in [0.2, 0.25) is 0 Å². The van der Waals surface area contributed by atoms with Gasteiger partial charge in [0.25, 0.3) is 5.91 Å². The summed E-state index contributed by atoms with van der Waals surface area (Å²) in [4.78, 5) is 14.6. The minimum absolute atomic E-state index is 0. The van der Waals surface area contributed by atoms with Crippen LogP contribution in [0.5, 0.6) is 0 Å². The summed E-state index contributed by atoms with van der Waals surface area (Å²) < 4.78 is 5.77. The molecule has 5 heteroatoms. The van der Waals surface area contributed by atoms with Crippen LogP contribution in [-0.2, 0) is 16.1 Å². The van der Waals surface area contributed by atoms with Crippen molar-refractivity contribution in [2.75, 3.05) is 26.2 Å². The van der Waals surface area contributed by atoms with Crippen molar-refractivity contribution in [2.45, 2.75) is 32.5 Å². The van der Waals surface area contributed by atoms with Crippen molar-refractivity contribution in [1.29, 1.82) is 0 Å². The summed E-state index contributed by atoms with van der Waals surface area (Å²) in [6.45, 7) is 6.36. The quantitative estimate of drug-likeness (QED) is 0.917. The average molecular weight is 339 g/mol. The van der Waals surface area contributed by atoms with Crippen LogP contribution < -0.4 is 5.32 Å². The normalized spacial score (nSPS) is 25.2. The molecule has 2 aliphatic heterocycles. The summed E-state index contributed by atoms with van der Waals surface area (Å²) in [5.41, 5.74) is 1.11. The molecule has 128 valence electrons. The van der Waals surface area contributed by atoms with Crippen molar-refractivity contribution in [3.8, 4) is 0 Å². The van der Waals surface area contributed by atoms with E-state index in [1.165, 1.54) is 0 Å². The van der Waals surface area contributed by atoms with Crippen LogP contribution in [0.4, 0.5) is 0 Å². The molecule has 0 saturated carbocycles. The molecule has 1 amide bonds. The minimum Gasteiger partial charge on any atom is -0.364 e. The number of rotatable bonds is 4. The Morgan fingerprint density at radius 3 is 2.43 bits per heavy atom. The number of nitrogens with zero attached hydrogens (tertiary/aromatic N) is 1. The Hall–Kier alpha value is -1.10. The summed E-state index contributed by atoms with van der Waals surface area (Å²) in [6.07, 6.45) is 1.88. The molecule has 23 heavy (non-hydrogen) atoms. The molecule has 1 N–H and O–H groups in total. The summed E-state index contributed by atoms with van der Waals surface area (Å²) in [5.74, 6) is 1.64. The van der Waals surface area contributed by atoms with Crippen molar-refractivity contribution in [3.63, 3.8) is 0 Å². The Kier molecular flexibility index (Phi) is 6.88. The molecule has 0 spiro atoms. The van der Waals surface area contributed by atoms with Crippen molar-refractivity contribution in [3.05, 3.63) is 35.9 Å². The van der Waals surface area contributed by atoms with E-state index in [0.29, 0.717) is 6.61 Å². The maximum Gasteiger partial charge on any atom is 0.251 e. The number of fused-ring (bicyclic) bond motifs is 1. The van der Waals surface area contributed by atoms with Crippen LogP contribution in [0, 0.1) is 11.8 Å². The number of carbonyl (C=O) groups is 1. The summed E-state index contributed by atoms with van der Waals surface area (Å²) in [6, 6.07) is 10.0. The van der Waals surface area contributed by atoms with Gasteiger partial charge in [-0.25, -0.2) is 0 Å². The van der Waals surface area contributed by atoms with E-state index in [1.807, 2.05) is 42.2 Å². The SMILES string of the molecule is CC(OCc1ccccc1)C(=O)N1CC[C@@H]2CNC[C@@H]2CC1.Cl. The van der Waals surface area contributed by atoms with E-state index in [0.717, 1.165) is 56.4 Å². The van der Waals surface area contributed by atoms with Gasteiger partial charge >= 0.3 is 0 Å². The van der Waals surface area contributed by atoms with Gasteiger partial charge in [-0.15, -0.1) is 12.4 Å². The van der Waals surface area contributed by atoms with Crippen molar-refractivity contribution in [2.24, 2.45) is 11.8 Å². The lowest BCUT2D eigenvalue weighted by Crippen LogP contribution is -2.40. The highest BCUT2D eigenvalue weighted by atomic mass is 35.5. The zero-order valence-corrected chi connectivity index (χ0v) is 14.6. The predicted molar refractivity (Wildman–Crippen MR) is 93.6 cm³/mol. The third-order valence-electron chi connectivity index (χ3n) is 5.02. The standard InChI is InChI=1S/C18H26N2O2.ClH/c1-14(22-13-15-5-3-2-4-6-15)18(21)20-9-7-16-11-19-12-17(16)8-10-20;/h2-6,14,16-17,19H,7-13H2,1H3;1H/t14?,16-,17+;. The van der Waals surface area contributed by atoms with Gasteiger partial charge in [-0.05, 0) is 50.3 Å². The van der Waals surface area contributed by atoms with Gasteiger partial charge in [-0.3, -0.25) is 4.79 Å². The van der Waals surface area contributed by atoms with E-state index in [4.69, 9.17) is 4.74 Å². The number of benzene rings is 1. The first-order chi connectivity index (χ1) is 10.7. The van der Waals surface area contributed by atoms with Crippen LogP contribution in [0.25, 0.3) is 0 Å². The zero-order chi connectivity index (χ0) is 15.4. The largest absolute Gasteiger partial charge is 0.364 e. The average Bonchev–Trinajstić information content (AvgIpc) is 2.91. The van der Waals surface area contributed by atoms with E-state index in [-0.39, 0.29) is 24.4 Å². The summed E-state index contributed by atoms with van der Waals surface area (Å²) in [5, 5.41) is 3.47. The lowest BCUT2D eigenvalue weighted by Gasteiger charge is -2.24. The second-order valence-electron chi connectivity index (χ2n) is 6.52. The van der Waals surface area contributed by atoms with Gasteiger partial charge in [0, 0.05) is 13.1 Å². The van der Waals surface area contributed by atoms with Crippen LogP contribution in [0.3, 0.4) is 0 Å². The molecule has 1 aromatic rings. The van der Waals surface area contributed by atoms with Crippen LogP contribution in [0.15, 0.2) is 30.3 Å². The fraction of sp³-hybridized carbons (Fsp3) is 0.611. The molecule has 2 saturated heterocycles. The minimum atomic E-state index is -0.365. The highest BCUT2D eigenvalue weighted by molar-refractivity contribution is 5.85. The highest BCUT2D eigenvalue weighted by Crippen LogP contribution is 2.27. The number of ether oxygens (including phenoxy) is 1. The smallest absolute Gasteiger partial charge is 0.251 e. The molecule has 4 nitrogen and oxygen atoms in total. The van der Waals surface area contributed by atoms with Gasteiger partial charge in [0.05, 0.1) is 6.61 Å². The molecule has 3 atom stereocenters. The number of amides is 1. The molecule has 0 bridgehead atoms. The third-order valence-corrected chi connectivity index (χ3v) is 5.02. The molecule has 0 aromatic heterocycles. The molecule has 1 aromatic carbocycles. The highest BCUT2D eigenvalue weighted by Gasteiger charge is 2.32. The first-order valence-electron chi connectivity index (χ1n) is 8.39. The Morgan fingerprint density at radius 1 is 1.22 bits per heavy atom. The molecule has 2 fully saturated rings. The number of carbonyl (C=O) groups excluding carboxylic acids is 1. The van der Waals surface area contributed by atoms with Crippen LogP contribution in [0.1, 0.15) is 25.3 Å². The van der Waals surface area contributed by atoms with E-state index < -0.39 is 0 Å². The van der Waals surface area contributed by atoms with Gasteiger partial charge in [-0.2, -0.15) is 0 Å². The molecular formula is C18H27ClN2O2. The maximum atomic E-state index is 12.6. The molecular weight excluding hydrogens is 312 g/mol. The summed E-state index contributed by atoms with van der Waals surface area (Å²) in [7, 11) is 0. The predicted octanol–water partition coefficient (Wildman–Crippen LogP) is 2.47. The third kappa shape index (κ3) is 4.69. The number of likely N-dealkylation sites (tertiary alicyclic amines) is 1. The zero-order valence-electron chi connectivity index (χ0n) is 13.7. The molecule has 3 rings (SSSR count). The van der Waals surface area contributed by atoms with E-state index in [1.54, 1.807) is 0 Å². The van der Waals surface area contributed by atoms with Gasteiger partial charge in [0.1, 0.15) is 6.10 Å². The second kappa shape index (κ2) is 8.67. The van der Waals surface area contributed by atoms with E-state index in [9.17, 15) is 4.79 Å². The second-order valence-corrected chi connectivity index (χ2v) is 6.52. The Bertz CT molecular complexity index is 483. The molecule has 0 aliphatic carbocycles. The first-order valence-corrected chi connectivity index (χ1v) is 8.39. The van der Waals surface area contributed by atoms with Gasteiger partial charge in [0.15, 0.2) is 0 Å². The fourth-order valence-corrected chi connectivity index (χ4v) is 3.56. The van der Waals surface area contributed by atoms with Crippen LogP contribution >= 0.6 is 12.4 Å². The first kappa shape index (κ1) is 18.2. The number of nitrogens with one attached hydrogen (secondary N) is 1. The lowest BCUT2D eigenvalue weighted by molar-refractivity contribution is -0.143. The van der Waals surface area contributed by atoms with Crippen LogP contribution in [-0.4, -0.2) is 43.1 Å². The van der Waals surface area contributed by atoms with Crippen molar-refractivity contribution in [1.82, 2.24) is 10.2 Å². The summed E-state index contributed by atoms with van der Waals surface area (Å²) >= 11 is 0. The van der Waals surface area contributed by atoms with E-state index in [2.05, 4.69) is 5.32 Å². The topological polar surface area (TPSA) is 41.6 Å². The number of hydrogen-bond donors (Lipinski definition) is 1. The fourth-order valence-electron chi connectivity index (χ4n) is 3.56. The Labute approximate surface area is 145 Å². The monoisotopic (exact) mass is 338 g/mol. The van der Waals surface area contributed by atoms with E-state index >= 15 is 0 Å². The van der Waals surface area contributed by atoms with Crippen molar-refractivity contribution >= 4 is 18.3 Å². The number of halogens is 1. The molecule has 2 heterocycles. The lowest BCUT2D eigenvalue weighted by atomic mass is 9.92. The number of hydrogen-bond acceptors (Lipinski definition) is 3. The van der Waals surface area contributed by atoms with Gasteiger partial charge in [0.2, 0.25) is 0 Å². The molecule has 0 radical (unpaired) electrons. The van der Waals surface area contributed by atoms with Crippen molar-refractivity contribution < 1.29 is 9.53 Å². The Balaban J connectivity index is 0.00000192. The van der Waals surface area contributed by atoms with Gasteiger partial charge < -0.3 is 15.0 Å². The molecule has 1 unspecified atom stereocenters. The Morgan fingerprint density at radius 2 is 1.83 bits per heavy atom.